The number of hydrogen-bond acceptors (Lipinski definition) is 2. The van der Waals surface area contributed by atoms with Crippen LogP contribution in [-0.4, -0.2) is 30.3 Å². The molecule has 1 aliphatic rings. The molecule has 96 valence electrons. The van der Waals surface area contributed by atoms with Gasteiger partial charge in [0.1, 0.15) is 0 Å². The van der Waals surface area contributed by atoms with E-state index in [4.69, 9.17) is 0 Å². The van der Waals surface area contributed by atoms with Gasteiger partial charge in [0.2, 0.25) is 11.8 Å². The van der Waals surface area contributed by atoms with E-state index in [0.717, 1.165) is 5.56 Å². The fourth-order valence-electron chi connectivity index (χ4n) is 2.25. The molecule has 1 N–H and O–H groups in total. The SMILES string of the molecule is Cc1cccc(CN(C)C(=O)C2CNC(=O)C2)c1. The fraction of sp³-hybridized carbons (Fsp3) is 0.429. The van der Waals surface area contributed by atoms with Gasteiger partial charge in [-0.15, -0.1) is 0 Å². The molecule has 18 heavy (non-hydrogen) atoms. The van der Waals surface area contributed by atoms with E-state index in [9.17, 15) is 9.59 Å². The molecule has 0 aliphatic carbocycles. The Bertz CT molecular complexity index is 471. The number of aryl methyl sites for hydroxylation is 1. The first-order chi connectivity index (χ1) is 8.56. The third kappa shape index (κ3) is 2.88. The Kier molecular flexibility index (Phi) is 3.65. The Morgan fingerprint density at radius 3 is 2.89 bits per heavy atom. The highest BCUT2D eigenvalue weighted by Crippen LogP contribution is 2.14. The summed E-state index contributed by atoms with van der Waals surface area (Å²) in [5.74, 6) is -0.195. The lowest BCUT2D eigenvalue weighted by Crippen LogP contribution is -2.33. The van der Waals surface area contributed by atoms with Crippen LogP contribution in [0.15, 0.2) is 24.3 Å². The molecular formula is C14H18N2O2. The van der Waals surface area contributed by atoms with Crippen molar-refractivity contribution in [2.24, 2.45) is 5.92 Å². The molecule has 0 bridgehead atoms. The summed E-state index contributed by atoms with van der Waals surface area (Å²) < 4.78 is 0. The smallest absolute Gasteiger partial charge is 0.228 e. The molecule has 0 saturated carbocycles. The van der Waals surface area contributed by atoms with Crippen LogP contribution in [-0.2, 0) is 16.1 Å². The number of amides is 2. The van der Waals surface area contributed by atoms with Gasteiger partial charge in [-0.3, -0.25) is 9.59 Å². The van der Waals surface area contributed by atoms with Gasteiger partial charge in [-0.25, -0.2) is 0 Å². The van der Waals surface area contributed by atoms with Crippen LogP contribution in [0, 0.1) is 12.8 Å². The number of rotatable bonds is 3. The molecular weight excluding hydrogens is 228 g/mol. The van der Waals surface area contributed by atoms with Crippen LogP contribution in [0.3, 0.4) is 0 Å². The molecule has 0 spiro atoms. The molecule has 4 nitrogen and oxygen atoms in total. The fourth-order valence-corrected chi connectivity index (χ4v) is 2.25. The predicted octanol–water partition coefficient (Wildman–Crippen LogP) is 1.09. The summed E-state index contributed by atoms with van der Waals surface area (Å²) in [7, 11) is 1.79. The molecule has 0 radical (unpaired) electrons. The molecule has 2 amide bonds. The monoisotopic (exact) mass is 246 g/mol. The summed E-state index contributed by atoms with van der Waals surface area (Å²) in [4.78, 5) is 24.9. The highest BCUT2D eigenvalue weighted by atomic mass is 16.2. The minimum absolute atomic E-state index is 0.0303. The minimum Gasteiger partial charge on any atom is -0.355 e. The molecule has 1 saturated heterocycles. The number of carbonyl (C=O) groups is 2. The highest BCUT2D eigenvalue weighted by Gasteiger charge is 2.29. The summed E-state index contributed by atoms with van der Waals surface area (Å²) in [6.45, 7) is 3.09. The quantitative estimate of drug-likeness (QED) is 0.868. The number of nitrogens with zero attached hydrogens (tertiary/aromatic N) is 1. The molecule has 1 atom stereocenters. The maximum atomic E-state index is 12.1. The van der Waals surface area contributed by atoms with E-state index >= 15 is 0 Å². The topological polar surface area (TPSA) is 49.4 Å². The van der Waals surface area contributed by atoms with Crippen LogP contribution in [0.1, 0.15) is 17.5 Å². The van der Waals surface area contributed by atoms with Gasteiger partial charge in [0, 0.05) is 26.6 Å². The predicted molar refractivity (Wildman–Crippen MR) is 68.8 cm³/mol. The van der Waals surface area contributed by atoms with Crippen LogP contribution < -0.4 is 5.32 Å². The van der Waals surface area contributed by atoms with Crippen molar-refractivity contribution in [2.45, 2.75) is 19.9 Å². The lowest BCUT2D eigenvalue weighted by Gasteiger charge is -2.20. The van der Waals surface area contributed by atoms with Crippen LogP contribution >= 0.6 is 0 Å². The molecule has 1 aromatic carbocycles. The Morgan fingerprint density at radius 1 is 1.50 bits per heavy atom. The van der Waals surface area contributed by atoms with Crippen molar-refractivity contribution in [2.75, 3.05) is 13.6 Å². The van der Waals surface area contributed by atoms with Gasteiger partial charge in [-0.2, -0.15) is 0 Å². The maximum Gasteiger partial charge on any atom is 0.228 e. The molecule has 0 aromatic heterocycles. The highest BCUT2D eigenvalue weighted by molar-refractivity contribution is 5.89. The van der Waals surface area contributed by atoms with Crippen molar-refractivity contribution in [1.82, 2.24) is 10.2 Å². The summed E-state index contributed by atoms with van der Waals surface area (Å²) in [5.41, 5.74) is 2.30. The van der Waals surface area contributed by atoms with Gasteiger partial charge in [0.15, 0.2) is 0 Å². The van der Waals surface area contributed by atoms with Crippen LogP contribution in [0.25, 0.3) is 0 Å². The van der Waals surface area contributed by atoms with Gasteiger partial charge in [0.05, 0.1) is 5.92 Å². The van der Waals surface area contributed by atoms with E-state index in [-0.39, 0.29) is 17.7 Å². The Labute approximate surface area is 107 Å². The average molecular weight is 246 g/mol. The molecule has 1 unspecified atom stereocenters. The zero-order chi connectivity index (χ0) is 13.1. The van der Waals surface area contributed by atoms with Crippen LogP contribution in [0.5, 0.6) is 0 Å². The maximum absolute atomic E-state index is 12.1. The largest absolute Gasteiger partial charge is 0.355 e. The third-order valence-corrected chi connectivity index (χ3v) is 3.21. The van der Waals surface area contributed by atoms with E-state index in [1.807, 2.05) is 25.1 Å². The van der Waals surface area contributed by atoms with E-state index in [1.54, 1.807) is 11.9 Å². The van der Waals surface area contributed by atoms with Crippen molar-refractivity contribution >= 4 is 11.8 Å². The van der Waals surface area contributed by atoms with Gasteiger partial charge >= 0.3 is 0 Å². The molecule has 1 aromatic rings. The molecule has 1 fully saturated rings. The van der Waals surface area contributed by atoms with Gasteiger partial charge in [0.25, 0.3) is 0 Å². The van der Waals surface area contributed by atoms with E-state index < -0.39 is 0 Å². The van der Waals surface area contributed by atoms with E-state index in [1.165, 1.54) is 5.56 Å². The van der Waals surface area contributed by atoms with Gasteiger partial charge in [-0.05, 0) is 12.5 Å². The first-order valence-corrected chi connectivity index (χ1v) is 6.13. The van der Waals surface area contributed by atoms with Crippen molar-refractivity contribution in [3.63, 3.8) is 0 Å². The van der Waals surface area contributed by atoms with Crippen molar-refractivity contribution < 1.29 is 9.59 Å². The summed E-state index contributed by atoms with van der Waals surface area (Å²) in [5, 5.41) is 2.69. The second-order valence-corrected chi connectivity index (χ2v) is 4.89. The minimum atomic E-state index is -0.202. The molecule has 1 aliphatic heterocycles. The Morgan fingerprint density at radius 2 is 2.28 bits per heavy atom. The summed E-state index contributed by atoms with van der Waals surface area (Å²) in [6.07, 6.45) is 0.316. The number of hydrogen-bond donors (Lipinski definition) is 1. The van der Waals surface area contributed by atoms with Crippen molar-refractivity contribution in [3.8, 4) is 0 Å². The van der Waals surface area contributed by atoms with Crippen LogP contribution in [0.2, 0.25) is 0 Å². The summed E-state index contributed by atoms with van der Waals surface area (Å²) in [6, 6.07) is 8.10. The first-order valence-electron chi connectivity index (χ1n) is 6.13. The summed E-state index contributed by atoms with van der Waals surface area (Å²) >= 11 is 0. The van der Waals surface area contributed by atoms with Crippen LogP contribution in [0.4, 0.5) is 0 Å². The number of nitrogens with one attached hydrogen (secondary N) is 1. The van der Waals surface area contributed by atoms with E-state index in [0.29, 0.717) is 19.5 Å². The number of benzene rings is 1. The normalized spacial score (nSPS) is 18.6. The molecule has 2 rings (SSSR count). The van der Waals surface area contributed by atoms with Gasteiger partial charge in [-0.1, -0.05) is 29.8 Å². The third-order valence-electron chi connectivity index (χ3n) is 3.21. The standard InChI is InChI=1S/C14H18N2O2/c1-10-4-3-5-11(6-10)9-16(2)14(18)12-7-13(17)15-8-12/h3-6,12H,7-9H2,1-2H3,(H,15,17). The van der Waals surface area contributed by atoms with Gasteiger partial charge < -0.3 is 10.2 Å². The van der Waals surface area contributed by atoms with Crippen molar-refractivity contribution in [3.05, 3.63) is 35.4 Å². The first kappa shape index (κ1) is 12.6. The lowest BCUT2D eigenvalue weighted by atomic mass is 10.1. The second kappa shape index (κ2) is 5.21. The zero-order valence-electron chi connectivity index (χ0n) is 10.8. The number of carbonyl (C=O) groups excluding carboxylic acids is 2. The zero-order valence-corrected chi connectivity index (χ0v) is 10.8. The lowest BCUT2D eigenvalue weighted by molar-refractivity contribution is -0.135. The molecule has 4 heteroatoms. The Hall–Kier alpha value is -1.84. The van der Waals surface area contributed by atoms with E-state index in [2.05, 4.69) is 11.4 Å². The van der Waals surface area contributed by atoms with Crippen molar-refractivity contribution in [1.29, 1.82) is 0 Å². The Balaban J connectivity index is 1.97. The molecule has 1 heterocycles. The average Bonchev–Trinajstić information content (AvgIpc) is 2.75. The second-order valence-electron chi connectivity index (χ2n) is 4.89.